The highest BCUT2D eigenvalue weighted by Gasteiger charge is 2.25. The zero-order valence-corrected chi connectivity index (χ0v) is 12.3. The zero-order valence-electron chi connectivity index (χ0n) is 10.8. The summed E-state index contributed by atoms with van der Waals surface area (Å²) in [6.45, 7) is 5.76. The van der Waals surface area contributed by atoms with Gasteiger partial charge in [0.2, 0.25) is 5.91 Å². The van der Waals surface area contributed by atoms with Crippen molar-refractivity contribution in [1.29, 1.82) is 0 Å². The molecule has 0 saturated heterocycles. The van der Waals surface area contributed by atoms with Gasteiger partial charge in [-0.1, -0.05) is 15.9 Å². The molecule has 0 aliphatic heterocycles. The van der Waals surface area contributed by atoms with Gasteiger partial charge in [0, 0.05) is 22.6 Å². The second-order valence-electron chi connectivity index (χ2n) is 5.02. The van der Waals surface area contributed by atoms with Gasteiger partial charge in [0.05, 0.1) is 5.41 Å². The first-order valence-electron chi connectivity index (χ1n) is 5.72. The predicted molar refractivity (Wildman–Crippen MR) is 73.5 cm³/mol. The molecule has 0 unspecified atom stereocenters. The SMILES string of the molecule is C[C@H](NCC(C)(C)C(N)=O)c1cc(Br)ccc1F. The fraction of sp³-hybridized carbons (Fsp3) is 0.462. The number of carbonyl (C=O) groups excluding carboxylic acids is 1. The van der Waals surface area contributed by atoms with E-state index < -0.39 is 5.41 Å². The molecule has 0 bridgehead atoms. The number of carbonyl (C=O) groups is 1. The van der Waals surface area contributed by atoms with Gasteiger partial charge in [-0.15, -0.1) is 0 Å². The first kappa shape index (κ1) is 15.1. The molecule has 18 heavy (non-hydrogen) atoms. The lowest BCUT2D eigenvalue weighted by atomic mass is 9.92. The number of halogens is 2. The van der Waals surface area contributed by atoms with Crippen molar-refractivity contribution in [2.75, 3.05) is 6.54 Å². The Morgan fingerprint density at radius 1 is 1.56 bits per heavy atom. The van der Waals surface area contributed by atoms with Gasteiger partial charge in [0.15, 0.2) is 0 Å². The number of hydrogen-bond donors (Lipinski definition) is 2. The van der Waals surface area contributed by atoms with Crippen LogP contribution in [-0.4, -0.2) is 12.5 Å². The molecule has 0 aliphatic rings. The van der Waals surface area contributed by atoms with Crippen LogP contribution in [0.15, 0.2) is 22.7 Å². The Bertz CT molecular complexity index is 449. The molecule has 1 aromatic rings. The highest BCUT2D eigenvalue weighted by atomic mass is 79.9. The van der Waals surface area contributed by atoms with Crippen molar-refractivity contribution in [3.63, 3.8) is 0 Å². The van der Waals surface area contributed by atoms with Crippen molar-refractivity contribution in [3.8, 4) is 0 Å². The lowest BCUT2D eigenvalue weighted by Gasteiger charge is -2.24. The molecule has 3 N–H and O–H groups in total. The summed E-state index contributed by atoms with van der Waals surface area (Å²) in [5.41, 5.74) is 5.19. The maximum atomic E-state index is 13.6. The molecule has 1 atom stereocenters. The zero-order chi connectivity index (χ0) is 13.9. The van der Waals surface area contributed by atoms with E-state index in [0.717, 1.165) is 4.47 Å². The van der Waals surface area contributed by atoms with Crippen molar-refractivity contribution in [2.45, 2.75) is 26.8 Å². The van der Waals surface area contributed by atoms with Crippen molar-refractivity contribution in [2.24, 2.45) is 11.1 Å². The number of rotatable bonds is 5. The van der Waals surface area contributed by atoms with Gasteiger partial charge in [-0.25, -0.2) is 4.39 Å². The molecule has 100 valence electrons. The third kappa shape index (κ3) is 3.78. The summed E-state index contributed by atoms with van der Waals surface area (Å²) in [6, 6.07) is 4.60. The summed E-state index contributed by atoms with van der Waals surface area (Å²) in [5, 5.41) is 3.13. The Morgan fingerprint density at radius 3 is 2.72 bits per heavy atom. The van der Waals surface area contributed by atoms with Crippen LogP contribution >= 0.6 is 15.9 Å². The number of nitrogens with two attached hydrogens (primary N) is 1. The van der Waals surface area contributed by atoms with E-state index >= 15 is 0 Å². The minimum atomic E-state index is -0.656. The van der Waals surface area contributed by atoms with E-state index in [-0.39, 0.29) is 17.8 Å². The van der Waals surface area contributed by atoms with Crippen LogP contribution in [0.25, 0.3) is 0 Å². The molecular weight excluding hydrogens is 299 g/mol. The van der Waals surface area contributed by atoms with Crippen LogP contribution in [-0.2, 0) is 4.79 Å². The minimum absolute atomic E-state index is 0.193. The van der Waals surface area contributed by atoms with Crippen LogP contribution in [0.5, 0.6) is 0 Å². The van der Waals surface area contributed by atoms with Gasteiger partial charge in [0.25, 0.3) is 0 Å². The highest BCUT2D eigenvalue weighted by Crippen LogP contribution is 2.22. The van der Waals surface area contributed by atoms with E-state index in [1.54, 1.807) is 26.0 Å². The van der Waals surface area contributed by atoms with E-state index in [2.05, 4.69) is 21.2 Å². The third-order valence-electron chi connectivity index (χ3n) is 2.94. The van der Waals surface area contributed by atoms with Crippen molar-refractivity contribution in [1.82, 2.24) is 5.32 Å². The lowest BCUT2D eigenvalue weighted by molar-refractivity contribution is -0.125. The molecule has 5 heteroatoms. The number of primary amides is 1. The Kier molecular flexibility index (Phi) is 4.87. The lowest BCUT2D eigenvalue weighted by Crippen LogP contribution is -2.41. The molecule has 3 nitrogen and oxygen atoms in total. The number of hydrogen-bond acceptors (Lipinski definition) is 2. The van der Waals surface area contributed by atoms with Gasteiger partial charge < -0.3 is 11.1 Å². The van der Waals surface area contributed by atoms with Gasteiger partial charge in [0.1, 0.15) is 5.82 Å². The third-order valence-corrected chi connectivity index (χ3v) is 3.44. The van der Waals surface area contributed by atoms with Crippen LogP contribution in [0, 0.1) is 11.2 Å². The van der Waals surface area contributed by atoms with Crippen LogP contribution in [0.2, 0.25) is 0 Å². The molecule has 1 aromatic carbocycles. The van der Waals surface area contributed by atoms with Crippen molar-refractivity contribution in [3.05, 3.63) is 34.1 Å². The van der Waals surface area contributed by atoms with Crippen LogP contribution in [0.4, 0.5) is 4.39 Å². The van der Waals surface area contributed by atoms with Gasteiger partial charge >= 0.3 is 0 Å². The van der Waals surface area contributed by atoms with Gasteiger partial charge in [-0.3, -0.25) is 4.79 Å². The maximum absolute atomic E-state index is 13.6. The fourth-order valence-corrected chi connectivity index (χ4v) is 1.83. The first-order valence-corrected chi connectivity index (χ1v) is 6.51. The Morgan fingerprint density at radius 2 is 2.17 bits per heavy atom. The Balaban J connectivity index is 2.74. The molecule has 1 rings (SSSR count). The van der Waals surface area contributed by atoms with Crippen LogP contribution in [0.3, 0.4) is 0 Å². The molecule has 0 saturated carbocycles. The first-order chi connectivity index (χ1) is 8.24. The van der Waals surface area contributed by atoms with Gasteiger partial charge in [-0.05, 0) is 39.0 Å². The van der Waals surface area contributed by atoms with Crippen molar-refractivity contribution < 1.29 is 9.18 Å². The summed E-state index contributed by atoms with van der Waals surface area (Å²) >= 11 is 3.31. The second-order valence-corrected chi connectivity index (χ2v) is 5.93. The number of nitrogens with one attached hydrogen (secondary N) is 1. The Hall–Kier alpha value is -0.940. The molecule has 0 aliphatic carbocycles. The maximum Gasteiger partial charge on any atom is 0.224 e. The summed E-state index contributed by atoms with van der Waals surface area (Å²) in [4.78, 5) is 11.2. The quantitative estimate of drug-likeness (QED) is 0.877. The Labute approximate surface area is 115 Å². The van der Waals surface area contributed by atoms with Gasteiger partial charge in [-0.2, -0.15) is 0 Å². The van der Waals surface area contributed by atoms with Crippen LogP contribution < -0.4 is 11.1 Å². The van der Waals surface area contributed by atoms with Crippen molar-refractivity contribution >= 4 is 21.8 Å². The molecule has 0 spiro atoms. The van der Waals surface area contributed by atoms with E-state index in [1.165, 1.54) is 6.07 Å². The summed E-state index contributed by atoms with van der Waals surface area (Å²) in [7, 11) is 0. The van der Waals surface area contributed by atoms with E-state index in [1.807, 2.05) is 6.92 Å². The summed E-state index contributed by atoms with van der Waals surface area (Å²) in [5.74, 6) is -0.646. The number of benzene rings is 1. The monoisotopic (exact) mass is 316 g/mol. The number of amides is 1. The largest absolute Gasteiger partial charge is 0.369 e. The molecule has 0 aromatic heterocycles. The fourth-order valence-electron chi connectivity index (χ4n) is 1.45. The molecule has 0 radical (unpaired) electrons. The van der Waals surface area contributed by atoms with E-state index in [9.17, 15) is 9.18 Å². The average molecular weight is 317 g/mol. The molecule has 0 fully saturated rings. The predicted octanol–water partition coefficient (Wildman–Crippen LogP) is 2.75. The smallest absolute Gasteiger partial charge is 0.224 e. The normalized spacial score (nSPS) is 13.4. The minimum Gasteiger partial charge on any atom is -0.369 e. The standard InChI is InChI=1S/C13H18BrFN2O/c1-8(17-7-13(2,3)12(16)18)10-6-9(14)4-5-11(10)15/h4-6,8,17H,7H2,1-3H3,(H2,16,18)/t8-/m0/s1. The van der Waals surface area contributed by atoms with Crippen LogP contribution in [0.1, 0.15) is 32.4 Å². The second kappa shape index (κ2) is 5.80. The average Bonchev–Trinajstić information content (AvgIpc) is 2.29. The molecule has 0 heterocycles. The van der Waals surface area contributed by atoms with E-state index in [0.29, 0.717) is 12.1 Å². The summed E-state index contributed by atoms with van der Waals surface area (Å²) < 4.78 is 14.5. The molecular formula is C13H18BrFN2O. The highest BCUT2D eigenvalue weighted by molar-refractivity contribution is 9.10. The topological polar surface area (TPSA) is 55.1 Å². The molecule has 1 amide bonds. The summed E-state index contributed by atoms with van der Waals surface area (Å²) in [6.07, 6.45) is 0. The van der Waals surface area contributed by atoms with E-state index in [4.69, 9.17) is 5.73 Å².